The predicted molar refractivity (Wildman–Crippen MR) is 108 cm³/mol. The lowest BCUT2D eigenvalue weighted by atomic mass is 9.88. The largest absolute Gasteiger partial charge is 0.375 e. The van der Waals surface area contributed by atoms with Crippen LogP contribution in [0.2, 0.25) is 0 Å². The minimum absolute atomic E-state index is 0.116. The third-order valence-electron chi connectivity index (χ3n) is 5.19. The lowest BCUT2D eigenvalue weighted by molar-refractivity contribution is -0.136. The Bertz CT molecular complexity index is 1040. The monoisotopic (exact) mass is 374 g/mol. The smallest absolute Gasteiger partial charge is 0.264 e. The molecule has 0 bridgehead atoms. The number of carbonyl (C=O) groups is 2. The third kappa shape index (κ3) is 2.84. The molecule has 5 nitrogen and oxygen atoms in total. The molecule has 142 valence electrons. The molecule has 0 saturated carbocycles. The van der Waals surface area contributed by atoms with E-state index in [1.165, 1.54) is 0 Å². The zero-order chi connectivity index (χ0) is 19.9. The van der Waals surface area contributed by atoms with E-state index in [1.54, 1.807) is 35.2 Å². The molecule has 0 fully saturated rings. The minimum Gasteiger partial charge on any atom is -0.375 e. The van der Waals surface area contributed by atoms with Gasteiger partial charge in [-0.05, 0) is 44.2 Å². The van der Waals surface area contributed by atoms with Crippen molar-refractivity contribution in [2.24, 2.45) is 0 Å². The lowest BCUT2D eigenvalue weighted by Gasteiger charge is -2.25. The molecule has 0 saturated heterocycles. The second kappa shape index (κ2) is 6.77. The summed E-state index contributed by atoms with van der Waals surface area (Å²) in [6.45, 7) is 3.78. The second-order valence-electron chi connectivity index (χ2n) is 7.39. The molecule has 2 heterocycles. The molecular weight excluding hydrogens is 352 g/mol. The number of benzene rings is 2. The van der Waals surface area contributed by atoms with Crippen molar-refractivity contribution in [3.63, 3.8) is 0 Å². The number of aromatic nitrogens is 1. The molecule has 1 amide bonds. The number of amides is 1. The first-order chi connectivity index (χ1) is 13.4. The van der Waals surface area contributed by atoms with Crippen LogP contribution in [-0.2, 0) is 10.4 Å². The molecular formula is C23H22N2O3. The van der Waals surface area contributed by atoms with Crippen LogP contribution in [-0.4, -0.2) is 27.4 Å². The maximum atomic E-state index is 13.1. The Morgan fingerprint density at radius 1 is 1.04 bits per heavy atom. The van der Waals surface area contributed by atoms with E-state index in [4.69, 9.17) is 0 Å². The highest BCUT2D eigenvalue weighted by atomic mass is 16.3. The highest BCUT2D eigenvalue weighted by Crippen LogP contribution is 2.43. The molecule has 1 aliphatic heterocycles. The van der Waals surface area contributed by atoms with Crippen molar-refractivity contribution >= 4 is 17.4 Å². The molecule has 1 N–H and O–H groups in total. The zero-order valence-corrected chi connectivity index (χ0v) is 15.9. The van der Waals surface area contributed by atoms with Gasteiger partial charge in [0.15, 0.2) is 11.4 Å². The van der Waals surface area contributed by atoms with Crippen molar-refractivity contribution in [1.29, 1.82) is 0 Å². The molecule has 0 unspecified atom stereocenters. The van der Waals surface area contributed by atoms with Crippen molar-refractivity contribution < 1.29 is 14.7 Å². The number of hydrogen-bond acceptors (Lipinski definition) is 3. The van der Waals surface area contributed by atoms with Gasteiger partial charge in [-0.1, -0.05) is 30.3 Å². The number of fused-ring (bicyclic) bond motifs is 1. The number of carbonyl (C=O) groups excluding carboxylic acids is 2. The summed E-state index contributed by atoms with van der Waals surface area (Å²) in [5.74, 6) is -0.719. The van der Waals surface area contributed by atoms with E-state index < -0.39 is 11.5 Å². The van der Waals surface area contributed by atoms with Gasteiger partial charge in [0.2, 0.25) is 0 Å². The van der Waals surface area contributed by atoms with Gasteiger partial charge in [-0.2, -0.15) is 0 Å². The molecule has 1 atom stereocenters. The third-order valence-corrected chi connectivity index (χ3v) is 5.19. The second-order valence-corrected chi connectivity index (χ2v) is 7.39. The molecule has 4 rings (SSSR count). The number of ketones is 1. The Kier molecular flexibility index (Phi) is 4.40. The van der Waals surface area contributed by atoms with Gasteiger partial charge in [0.05, 0.1) is 12.1 Å². The summed E-state index contributed by atoms with van der Waals surface area (Å²) in [5, 5.41) is 11.3. The fraction of sp³-hybridized carbons (Fsp3) is 0.217. The van der Waals surface area contributed by atoms with Crippen LogP contribution in [0.1, 0.15) is 36.2 Å². The topological polar surface area (TPSA) is 62.5 Å². The molecule has 0 aliphatic carbocycles. The summed E-state index contributed by atoms with van der Waals surface area (Å²) in [6, 6.07) is 18.0. The van der Waals surface area contributed by atoms with E-state index in [0.717, 1.165) is 5.69 Å². The van der Waals surface area contributed by atoms with Gasteiger partial charge in [-0.15, -0.1) is 0 Å². The number of hydrogen-bond donors (Lipinski definition) is 1. The highest BCUT2D eigenvalue weighted by molar-refractivity contribution is 6.11. The quantitative estimate of drug-likeness (QED) is 0.693. The zero-order valence-electron chi connectivity index (χ0n) is 15.9. The van der Waals surface area contributed by atoms with E-state index in [2.05, 4.69) is 0 Å². The SMILES string of the molecule is CC(C)N1C(=O)[C@](O)(CC(=O)c2cccc(-n3cccc3)c2)c2ccccc21. The van der Waals surface area contributed by atoms with Gasteiger partial charge in [-0.25, -0.2) is 0 Å². The normalized spacial score (nSPS) is 18.6. The standard InChI is InChI=1S/C23H22N2O3/c1-16(2)25-20-11-4-3-10-19(20)23(28,22(25)27)15-21(26)17-8-7-9-18(14-17)24-12-5-6-13-24/h3-14,16,28H,15H2,1-2H3/t23-/m0/s1. The number of anilines is 1. The lowest BCUT2D eigenvalue weighted by Crippen LogP contribution is -2.44. The molecule has 3 aromatic rings. The van der Waals surface area contributed by atoms with Crippen LogP contribution >= 0.6 is 0 Å². The van der Waals surface area contributed by atoms with E-state index in [-0.39, 0.29) is 18.2 Å². The van der Waals surface area contributed by atoms with E-state index in [0.29, 0.717) is 16.8 Å². The molecule has 2 aromatic carbocycles. The Morgan fingerprint density at radius 3 is 2.46 bits per heavy atom. The van der Waals surface area contributed by atoms with Crippen LogP contribution in [0.3, 0.4) is 0 Å². The molecule has 1 aromatic heterocycles. The summed E-state index contributed by atoms with van der Waals surface area (Å²) in [5.41, 5.74) is 0.627. The molecule has 28 heavy (non-hydrogen) atoms. The van der Waals surface area contributed by atoms with E-state index in [1.807, 2.05) is 61.1 Å². The fourth-order valence-corrected chi connectivity index (χ4v) is 3.82. The predicted octanol–water partition coefficient (Wildman–Crippen LogP) is 3.69. The maximum absolute atomic E-state index is 13.1. The highest BCUT2D eigenvalue weighted by Gasteiger charge is 2.51. The van der Waals surface area contributed by atoms with Gasteiger partial charge in [0.1, 0.15) is 0 Å². The van der Waals surface area contributed by atoms with Crippen molar-refractivity contribution in [3.05, 3.63) is 84.2 Å². The van der Waals surface area contributed by atoms with Gasteiger partial charge in [-0.3, -0.25) is 9.59 Å². The van der Waals surface area contributed by atoms with Crippen molar-refractivity contribution in [3.8, 4) is 5.69 Å². The van der Waals surface area contributed by atoms with Gasteiger partial charge in [0.25, 0.3) is 5.91 Å². The number of aliphatic hydroxyl groups is 1. The number of para-hydroxylation sites is 1. The average molecular weight is 374 g/mol. The van der Waals surface area contributed by atoms with Crippen molar-refractivity contribution in [1.82, 2.24) is 4.57 Å². The summed E-state index contributed by atoms with van der Waals surface area (Å²) in [4.78, 5) is 27.7. The fourth-order valence-electron chi connectivity index (χ4n) is 3.82. The van der Waals surface area contributed by atoms with Gasteiger partial charge >= 0.3 is 0 Å². The van der Waals surface area contributed by atoms with Crippen LogP contribution in [0.4, 0.5) is 5.69 Å². The van der Waals surface area contributed by atoms with Crippen LogP contribution in [0.25, 0.3) is 5.69 Å². The number of Topliss-reactive ketones (excluding diaryl/α,β-unsaturated/α-hetero) is 1. The molecule has 0 spiro atoms. The average Bonchev–Trinajstić information content (AvgIpc) is 3.29. The summed E-state index contributed by atoms with van der Waals surface area (Å²) in [7, 11) is 0. The van der Waals surface area contributed by atoms with Crippen LogP contribution in [0.5, 0.6) is 0 Å². The summed E-state index contributed by atoms with van der Waals surface area (Å²) in [6.07, 6.45) is 3.50. The Morgan fingerprint density at radius 2 is 1.75 bits per heavy atom. The number of rotatable bonds is 5. The van der Waals surface area contributed by atoms with E-state index in [9.17, 15) is 14.7 Å². The molecule has 5 heteroatoms. The first-order valence-corrected chi connectivity index (χ1v) is 9.34. The molecule has 0 radical (unpaired) electrons. The first-order valence-electron chi connectivity index (χ1n) is 9.34. The van der Waals surface area contributed by atoms with Gasteiger partial charge in [0, 0.05) is 35.2 Å². The number of nitrogens with zero attached hydrogens (tertiary/aromatic N) is 2. The van der Waals surface area contributed by atoms with Crippen molar-refractivity contribution in [2.75, 3.05) is 4.90 Å². The van der Waals surface area contributed by atoms with Crippen LogP contribution in [0, 0.1) is 0 Å². The molecule has 1 aliphatic rings. The Hall–Kier alpha value is -3.18. The first kappa shape index (κ1) is 18.2. The Balaban J connectivity index is 1.68. The van der Waals surface area contributed by atoms with Gasteiger partial charge < -0.3 is 14.6 Å². The van der Waals surface area contributed by atoms with Crippen LogP contribution in [0.15, 0.2) is 73.1 Å². The minimum atomic E-state index is -1.85. The summed E-state index contributed by atoms with van der Waals surface area (Å²) < 4.78 is 1.90. The van der Waals surface area contributed by atoms with Crippen molar-refractivity contribution in [2.45, 2.75) is 31.9 Å². The van der Waals surface area contributed by atoms with E-state index >= 15 is 0 Å². The summed E-state index contributed by atoms with van der Waals surface area (Å²) >= 11 is 0. The maximum Gasteiger partial charge on any atom is 0.264 e. The Labute approximate surface area is 163 Å². The van der Waals surface area contributed by atoms with Crippen LogP contribution < -0.4 is 4.90 Å².